The van der Waals surface area contributed by atoms with Gasteiger partial charge in [-0.15, -0.1) is 11.3 Å². The first-order valence-electron chi connectivity index (χ1n) is 7.18. The van der Waals surface area contributed by atoms with Crippen molar-refractivity contribution in [2.75, 3.05) is 32.8 Å². The van der Waals surface area contributed by atoms with Gasteiger partial charge in [0.05, 0.1) is 24.4 Å². The maximum atomic E-state index is 12.2. The Labute approximate surface area is 122 Å². The van der Waals surface area contributed by atoms with E-state index in [1.54, 1.807) is 5.51 Å². The number of carbonyl (C=O) groups is 1. The number of thiazole rings is 1. The molecule has 0 amide bonds. The fourth-order valence-corrected chi connectivity index (χ4v) is 3.23. The lowest BCUT2D eigenvalue weighted by atomic mass is 10.2. The highest BCUT2D eigenvalue weighted by atomic mass is 32.1. The molecular formula is C14H20N2O3S. The number of rotatable bonds is 5. The molecule has 1 aliphatic carbocycles. The molecule has 0 N–H and O–H groups in total. The van der Waals surface area contributed by atoms with Crippen LogP contribution in [0.4, 0.5) is 0 Å². The Kier molecular flexibility index (Phi) is 4.33. The van der Waals surface area contributed by atoms with E-state index in [0.717, 1.165) is 51.4 Å². The van der Waals surface area contributed by atoms with Gasteiger partial charge in [0, 0.05) is 25.6 Å². The van der Waals surface area contributed by atoms with E-state index in [9.17, 15) is 4.79 Å². The maximum absolute atomic E-state index is 12.2. The summed E-state index contributed by atoms with van der Waals surface area (Å²) in [6.07, 6.45) is 2.19. The molecule has 0 radical (unpaired) electrons. The van der Waals surface area contributed by atoms with Crippen molar-refractivity contribution in [3.63, 3.8) is 0 Å². The highest BCUT2D eigenvalue weighted by Gasteiger charge is 2.31. The molecule has 110 valence electrons. The van der Waals surface area contributed by atoms with Crippen LogP contribution in [0.3, 0.4) is 0 Å². The number of morpholine rings is 1. The Balaban J connectivity index is 1.53. The van der Waals surface area contributed by atoms with Gasteiger partial charge in [-0.2, -0.15) is 0 Å². The second-order valence-electron chi connectivity index (χ2n) is 5.47. The molecule has 2 heterocycles. The maximum Gasteiger partial charge on any atom is 0.350 e. The van der Waals surface area contributed by atoms with E-state index < -0.39 is 0 Å². The Morgan fingerprint density at radius 2 is 2.30 bits per heavy atom. The molecule has 1 atom stereocenters. The third kappa shape index (κ3) is 3.37. The minimum Gasteiger partial charge on any atom is -0.457 e. The molecule has 0 bridgehead atoms. The molecule has 5 nitrogen and oxygen atoms in total. The van der Waals surface area contributed by atoms with Crippen molar-refractivity contribution in [2.45, 2.75) is 31.8 Å². The van der Waals surface area contributed by atoms with Crippen LogP contribution in [0.5, 0.6) is 0 Å². The van der Waals surface area contributed by atoms with Crippen LogP contribution in [-0.2, 0) is 9.47 Å². The molecule has 1 aromatic rings. The monoisotopic (exact) mass is 296 g/mol. The Morgan fingerprint density at radius 1 is 1.55 bits per heavy atom. The van der Waals surface area contributed by atoms with Crippen molar-refractivity contribution in [3.05, 3.63) is 16.1 Å². The number of esters is 1. The first-order chi connectivity index (χ1) is 9.74. The molecule has 0 aromatic carbocycles. The van der Waals surface area contributed by atoms with Gasteiger partial charge in [-0.1, -0.05) is 0 Å². The molecule has 20 heavy (non-hydrogen) atoms. The zero-order chi connectivity index (χ0) is 13.9. The average Bonchev–Trinajstić information content (AvgIpc) is 3.16. The summed E-state index contributed by atoms with van der Waals surface area (Å²) >= 11 is 1.39. The first-order valence-corrected chi connectivity index (χ1v) is 8.06. The predicted molar refractivity (Wildman–Crippen MR) is 76.2 cm³/mol. The lowest BCUT2D eigenvalue weighted by Gasteiger charge is -2.28. The van der Waals surface area contributed by atoms with E-state index in [2.05, 4.69) is 9.88 Å². The van der Waals surface area contributed by atoms with E-state index in [1.807, 2.05) is 6.92 Å². The van der Waals surface area contributed by atoms with Crippen molar-refractivity contribution < 1.29 is 14.3 Å². The summed E-state index contributed by atoms with van der Waals surface area (Å²) in [6, 6.07) is 0. The van der Waals surface area contributed by atoms with E-state index in [4.69, 9.17) is 9.47 Å². The number of hydrogen-bond donors (Lipinski definition) is 0. The molecular weight excluding hydrogens is 276 g/mol. The third-order valence-corrected chi connectivity index (χ3v) is 4.49. The molecule has 1 aromatic heterocycles. The molecule has 0 unspecified atom stereocenters. The summed E-state index contributed by atoms with van der Waals surface area (Å²) < 4.78 is 10.9. The zero-order valence-electron chi connectivity index (χ0n) is 11.7. The van der Waals surface area contributed by atoms with Crippen LogP contribution in [0.2, 0.25) is 0 Å². The summed E-state index contributed by atoms with van der Waals surface area (Å²) in [4.78, 5) is 19.5. The largest absolute Gasteiger partial charge is 0.457 e. The first kappa shape index (κ1) is 14.0. The lowest BCUT2D eigenvalue weighted by Crippen LogP contribution is -2.41. The minimum absolute atomic E-state index is 0.102. The lowest BCUT2D eigenvalue weighted by molar-refractivity contribution is 0.000655. The summed E-state index contributed by atoms with van der Waals surface area (Å²) in [5, 5.41) is 0. The Hall–Kier alpha value is -0.980. The highest BCUT2D eigenvalue weighted by molar-refractivity contribution is 7.11. The highest BCUT2D eigenvalue weighted by Crippen LogP contribution is 2.41. The second kappa shape index (κ2) is 6.20. The fourth-order valence-electron chi connectivity index (χ4n) is 2.48. The van der Waals surface area contributed by atoms with Crippen LogP contribution in [0.15, 0.2) is 5.51 Å². The number of aromatic nitrogens is 1. The van der Waals surface area contributed by atoms with E-state index in [1.165, 1.54) is 11.3 Å². The van der Waals surface area contributed by atoms with Crippen LogP contribution in [-0.4, -0.2) is 54.8 Å². The van der Waals surface area contributed by atoms with Gasteiger partial charge in [-0.3, -0.25) is 4.90 Å². The van der Waals surface area contributed by atoms with E-state index in [0.29, 0.717) is 10.8 Å². The predicted octanol–water partition coefficient (Wildman–Crippen LogP) is 1.90. The zero-order valence-corrected chi connectivity index (χ0v) is 12.5. The average molecular weight is 296 g/mol. The van der Waals surface area contributed by atoms with Gasteiger partial charge in [0.2, 0.25) is 0 Å². The van der Waals surface area contributed by atoms with Crippen LogP contribution in [0.1, 0.15) is 41.0 Å². The smallest absolute Gasteiger partial charge is 0.350 e. The standard InChI is InChI=1S/C14H20N2O3S/c1-10(8-16-4-6-18-7-5-16)19-14(17)13-12(11-2-3-11)15-9-20-13/h9-11H,2-8H2,1H3/t10-/m0/s1. The molecule has 1 aliphatic heterocycles. The van der Waals surface area contributed by atoms with Crippen molar-refractivity contribution in [3.8, 4) is 0 Å². The molecule has 2 aliphatic rings. The van der Waals surface area contributed by atoms with Crippen molar-refractivity contribution in [1.82, 2.24) is 9.88 Å². The molecule has 2 fully saturated rings. The number of carbonyl (C=O) groups excluding carboxylic acids is 1. The van der Waals surface area contributed by atoms with Crippen LogP contribution < -0.4 is 0 Å². The summed E-state index contributed by atoms with van der Waals surface area (Å²) in [5.41, 5.74) is 2.69. The number of hydrogen-bond acceptors (Lipinski definition) is 6. The fraction of sp³-hybridized carbons (Fsp3) is 0.714. The van der Waals surface area contributed by atoms with Crippen LogP contribution in [0.25, 0.3) is 0 Å². The number of nitrogens with zero attached hydrogens (tertiary/aromatic N) is 2. The molecule has 3 rings (SSSR count). The van der Waals surface area contributed by atoms with E-state index >= 15 is 0 Å². The second-order valence-corrected chi connectivity index (χ2v) is 6.32. The summed E-state index contributed by atoms with van der Waals surface area (Å²) in [6.45, 7) is 6.08. The van der Waals surface area contributed by atoms with Crippen molar-refractivity contribution in [1.29, 1.82) is 0 Å². The summed E-state index contributed by atoms with van der Waals surface area (Å²) in [5.74, 6) is 0.272. The summed E-state index contributed by atoms with van der Waals surface area (Å²) in [7, 11) is 0. The minimum atomic E-state index is -0.213. The van der Waals surface area contributed by atoms with Crippen LogP contribution >= 0.6 is 11.3 Å². The van der Waals surface area contributed by atoms with Crippen molar-refractivity contribution >= 4 is 17.3 Å². The Morgan fingerprint density at radius 3 is 3.00 bits per heavy atom. The molecule has 1 saturated heterocycles. The van der Waals surface area contributed by atoms with E-state index in [-0.39, 0.29) is 12.1 Å². The van der Waals surface area contributed by atoms with Gasteiger partial charge < -0.3 is 9.47 Å². The topological polar surface area (TPSA) is 51.7 Å². The normalized spacial score (nSPS) is 21.6. The third-order valence-electron chi connectivity index (χ3n) is 3.67. The van der Waals surface area contributed by atoms with Gasteiger partial charge in [0.25, 0.3) is 0 Å². The van der Waals surface area contributed by atoms with Gasteiger partial charge in [-0.25, -0.2) is 9.78 Å². The van der Waals surface area contributed by atoms with Gasteiger partial charge >= 0.3 is 5.97 Å². The quantitative estimate of drug-likeness (QED) is 0.777. The molecule has 1 saturated carbocycles. The van der Waals surface area contributed by atoms with Crippen LogP contribution in [0, 0.1) is 0 Å². The molecule has 0 spiro atoms. The van der Waals surface area contributed by atoms with Crippen molar-refractivity contribution in [2.24, 2.45) is 0 Å². The van der Waals surface area contributed by atoms with Gasteiger partial charge in [-0.05, 0) is 19.8 Å². The Bertz CT molecular complexity index is 467. The van der Waals surface area contributed by atoms with Gasteiger partial charge in [0.1, 0.15) is 11.0 Å². The molecule has 6 heteroatoms. The number of ether oxygens (including phenoxy) is 2. The SMILES string of the molecule is C[C@@H](CN1CCOCC1)OC(=O)c1scnc1C1CC1. The van der Waals surface area contributed by atoms with Gasteiger partial charge in [0.15, 0.2) is 0 Å².